The molecule has 1 aliphatic carbocycles. The van der Waals surface area contributed by atoms with Gasteiger partial charge in [0.1, 0.15) is 0 Å². The number of rotatable bonds is 3. The lowest BCUT2D eigenvalue weighted by molar-refractivity contribution is -0.125. The molecule has 6 heteroatoms. The molecule has 0 aromatic carbocycles. The molecule has 0 saturated heterocycles. The minimum absolute atomic E-state index is 0.212. The molecule has 0 spiro atoms. The van der Waals surface area contributed by atoms with Crippen LogP contribution in [0.1, 0.15) is 34.3 Å². The fraction of sp³-hybridized carbons (Fsp3) is 0.636. The van der Waals surface area contributed by atoms with Crippen LogP contribution in [0.5, 0.6) is 0 Å². The van der Waals surface area contributed by atoms with Crippen LogP contribution in [0, 0.1) is 0 Å². The van der Waals surface area contributed by atoms with Crippen LogP contribution in [0.4, 0.5) is 13.2 Å². The van der Waals surface area contributed by atoms with Crippen molar-refractivity contribution < 1.29 is 18.3 Å². The second-order valence-corrected chi connectivity index (χ2v) is 5.44. The van der Waals surface area contributed by atoms with Gasteiger partial charge < -0.3 is 10.4 Å². The summed E-state index contributed by atoms with van der Waals surface area (Å²) in [7, 11) is 0. The van der Waals surface area contributed by atoms with Crippen molar-refractivity contribution in [2.24, 2.45) is 0 Å². The van der Waals surface area contributed by atoms with Crippen LogP contribution in [-0.4, -0.2) is 17.8 Å². The molecular formula is C11H14F3NOS. The van der Waals surface area contributed by atoms with E-state index in [1.54, 1.807) is 0 Å². The molecule has 1 aromatic heterocycles. The summed E-state index contributed by atoms with van der Waals surface area (Å²) in [4.78, 5) is 1.98. The predicted molar refractivity (Wildman–Crippen MR) is 60.0 cm³/mol. The molecule has 0 aliphatic heterocycles. The van der Waals surface area contributed by atoms with E-state index < -0.39 is 18.8 Å². The third-order valence-electron chi connectivity index (χ3n) is 2.76. The number of aryl methyl sites for hydroxylation is 1. The normalized spacial score (nSPS) is 20.4. The summed E-state index contributed by atoms with van der Waals surface area (Å²) in [5.74, 6) is 0. The van der Waals surface area contributed by atoms with E-state index in [0.29, 0.717) is 0 Å². The average Bonchev–Trinajstić information content (AvgIpc) is 2.60. The molecule has 96 valence electrons. The Morgan fingerprint density at radius 1 is 1.47 bits per heavy atom. The van der Waals surface area contributed by atoms with Gasteiger partial charge in [-0.3, -0.25) is 0 Å². The number of nitrogens with one attached hydrogen (secondary N) is 1. The highest BCUT2D eigenvalue weighted by Crippen LogP contribution is 2.35. The van der Waals surface area contributed by atoms with Crippen LogP contribution in [0.3, 0.4) is 0 Å². The summed E-state index contributed by atoms with van der Waals surface area (Å²) in [6.45, 7) is -0.762. The lowest BCUT2D eigenvalue weighted by Gasteiger charge is -2.16. The van der Waals surface area contributed by atoms with E-state index in [2.05, 4.69) is 5.32 Å². The van der Waals surface area contributed by atoms with Crippen molar-refractivity contribution in [3.63, 3.8) is 0 Å². The van der Waals surface area contributed by atoms with Gasteiger partial charge in [0.05, 0.1) is 12.6 Å². The third kappa shape index (κ3) is 3.43. The second-order valence-electron chi connectivity index (χ2n) is 4.22. The molecule has 2 N–H and O–H groups in total. The van der Waals surface area contributed by atoms with Gasteiger partial charge in [-0.05, 0) is 30.9 Å². The first-order chi connectivity index (χ1) is 7.96. The maximum absolute atomic E-state index is 11.9. The van der Waals surface area contributed by atoms with Crippen molar-refractivity contribution in [3.8, 4) is 0 Å². The zero-order valence-corrected chi connectivity index (χ0v) is 10.00. The van der Waals surface area contributed by atoms with Crippen LogP contribution in [-0.2, 0) is 13.0 Å². The molecule has 1 unspecified atom stereocenters. The lowest BCUT2D eigenvalue weighted by atomic mass is 9.96. The summed E-state index contributed by atoms with van der Waals surface area (Å²) < 4.78 is 35.8. The molecule has 0 fully saturated rings. The van der Waals surface area contributed by atoms with Crippen LogP contribution in [0.25, 0.3) is 0 Å². The molecular weight excluding hydrogens is 251 g/mol. The first-order valence-corrected chi connectivity index (χ1v) is 6.34. The van der Waals surface area contributed by atoms with E-state index in [1.807, 2.05) is 6.07 Å². The van der Waals surface area contributed by atoms with E-state index in [9.17, 15) is 18.3 Å². The van der Waals surface area contributed by atoms with Gasteiger partial charge in [0.2, 0.25) is 0 Å². The van der Waals surface area contributed by atoms with Crippen LogP contribution < -0.4 is 5.32 Å². The number of aliphatic hydroxyl groups excluding tert-OH is 1. The Kier molecular flexibility index (Phi) is 3.75. The molecule has 0 amide bonds. The molecule has 1 atom stereocenters. The van der Waals surface area contributed by atoms with Crippen molar-refractivity contribution in [2.75, 3.05) is 6.54 Å². The van der Waals surface area contributed by atoms with Crippen molar-refractivity contribution in [1.82, 2.24) is 5.32 Å². The quantitative estimate of drug-likeness (QED) is 0.880. The van der Waals surface area contributed by atoms with Crippen molar-refractivity contribution >= 4 is 11.3 Å². The fourth-order valence-corrected chi connectivity index (χ4v) is 3.24. The largest absolute Gasteiger partial charge is 0.401 e. The smallest absolute Gasteiger partial charge is 0.388 e. The van der Waals surface area contributed by atoms with Gasteiger partial charge in [0.15, 0.2) is 0 Å². The highest BCUT2D eigenvalue weighted by molar-refractivity contribution is 7.12. The Bertz CT molecular complexity index is 389. The van der Waals surface area contributed by atoms with E-state index >= 15 is 0 Å². The molecule has 2 rings (SSSR count). The molecule has 0 bridgehead atoms. The molecule has 1 aromatic rings. The monoisotopic (exact) mass is 265 g/mol. The predicted octanol–water partition coefficient (Wildman–Crippen LogP) is 2.77. The number of thiophene rings is 1. The van der Waals surface area contributed by atoms with Gasteiger partial charge >= 0.3 is 6.18 Å². The first kappa shape index (κ1) is 12.9. The van der Waals surface area contributed by atoms with Crippen molar-refractivity contribution in [1.29, 1.82) is 0 Å². The van der Waals surface area contributed by atoms with Gasteiger partial charge in [-0.1, -0.05) is 0 Å². The average molecular weight is 265 g/mol. The molecule has 1 aliphatic rings. The Morgan fingerprint density at radius 3 is 2.88 bits per heavy atom. The van der Waals surface area contributed by atoms with E-state index in [1.165, 1.54) is 11.3 Å². The molecule has 17 heavy (non-hydrogen) atoms. The summed E-state index contributed by atoms with van der Waals surface area (Å²) >= 11 is 1.50. The highest BCUT2D eigenvalue weighted by atomic mass is 32.1. The number of halogens is 3. The Labute approximate surface area is 101 Å². The van der Waals surface area contributed by atoms with Crippen LogP contribution in [0.15, 0.2) is 6.07 Å². The standard InChI is InChI=1S/C11H14F3NOS/c12-11(13,14)6-15-5-7-4-8-9(16)2-1-3-10(8)17-7/h4,9,15-16H,1-3,5-6H2. The zero-order chi connectivity index (χ0) is 12.5. The maximum Gasteiger partial charge on any atom is 0.401 e. The van der Waals surface area contributed by atoms with Gasteiger partial charge in [-0.2, -0.15) is 13.2 Å². The van der Waals surface area contributed by atoms with E-state index in [-0.39, 0.29) is 6.54 Å². The number of aliphatic hydroxyl groups is 1. The second kappa shape index (κ2) is 4.96. The lowest BCUT2D eigenvalue weighted by Crippen LogP contribution is -2.27. The minimum atomic E-state index is -4.17. The van der Waals surface area contributed by atoms with E-state index in [0.717, 1.165) is 34.6 Å². The topological polar surface area (TPSA) is 32.3 Å². The summed E-state index contributed by atoms with van der Waals surface area (Å²) in [6.07, 6.45) is -1.98. The Balaban J connectivity index is 1.94. The third-order valence-corrected chi connectivity index (χ3v) is 3.97. The summed E-state index contributed by atoms with van der Waals surface area (Å²) in [5.41, 5.74) is 0.907. The van der Waals surface area contributed by atoms with Crippen LogP contribution >= 0.6 is 11.3 Å². The number of hydrogen-bond acceptors (Lipinski definition) is 3. The fourth-order valence-electron chi connectivity index (χ4n) is 2.00. The van der Waals surface area contributed by atoms with Gasteiger partial charge in [-0.25, -0.2) is 0 Å². The van der Waals surface area contributed by atoms with Gasteiger partial charge in [0, 0.05) is 16.3 Å². The molecule has 0 saturated carbocycles. The maximum atomic E-state index is 11.9. The Morgan fingerprint density at radius 2 is 2.24 bits per heavy atom. The number of fused-ring (bicyclic) bond motifs is 1. The zero-order valence-electron chi connectivity index (χ0n) is 9.18. The van der Waals surface area contributed by atoms with E-state index in [4.69, 9.17) is 0 Å². The van der Waals surface area contributed by atoms with Crippen molar-refractivity contribution in [3.05, 3.63) is 21.4 Å². The summed E-state index contributed by atoms with van der Waals surface area (Å²) in [5, 5.41) is 12.1. The molecule has 0 radical (unpaired) electrons. The van der Waals surface area contributed by atoms with Gasteiger partial charge in [0.25, 0.3) is 0 Å². The minimum Gasteiger partial charge on any atom is -0.388 e. The van der Waals surface area contributed by atoms with Crippen LogP contribution in [0.2, 0.25) is 0 Å². The van der Waals surface area contributed by atoms with Crippen molar-refractivity contribution in [2.45, 2.75) is 38.1 Å². The number of hydrogen-bond donors (Lipinski definition) is 2. The molecule has 2 nitrogen and oxygen atoms in total. The molecule has 1 heterocycles. The highest BCUT2D eigenvalue weighted by Gasteiger charge is 2.26. The number of alkyl halides is 3. The van der Waals surface area contributed by atoms with Gasteiger partial charge in [-0.15, -0.1) is 11.3 Å². The first-order valence-electron chi connectivity index (χ1n) is 5.53. The Hall–Kier alpha value is -0.590. The summed E-state index contributed by atoms with van der Waals surface area (Å²) in [6, 6.07) is 1.83. The SMILES string of the molecule is OC1CCCc2sc(CNCC(F)(F)F)cc21.